The van der Waals surface area contributed by atoms with Gasteiger partial charge in [-0.3, -0.25) is 4.90 Å². The van der Waals surface area contributed by atoms with Gasteiger partial charge in [0.2, 0.25) is 0 Å². The fourth-order valence-corrected chi connectivity index (χ4v) is 6.42. The number of ether oxygens (including phenoxy) is 3. The average Bonchev–Trinajstić information content (AvgIpc) is 3.56. The fourth-order valence-electron chi connectivity index (χ4n) is 6.42. The molecular formula is C25H42N2O3. The highest BCUT2D eigenvalue weighted by Crippen LogP contribution is 2.60. The number of epoxide rings is 2. The quantitative estimate of drug-likeness (QED) is 0.466. The SMILES string of the molecule is CC(C)=CC[C@H]1O[C@@]1(C)C1OC12CCC(N1CCC(CCN3CCOCC3)C1)CC2. The summed E-state index contributed by atoms with van der Waals surface area (Å²) in [6.07, 6.45) is 11.9. The molecule has 0 aromatic carbocycles. The Bertz CT molecular complexity index is 634. The summed E-state index contributed by atoms with van der Waals surface area (Å²) >= 11 is 0. The predicted octanol–water partition coefficient (Wildman–Crippen LogP) is 3.62. The first-order valence-corrected chi connectivity index (χ1v) is 12.5. The second kappa shape index (κ2) is 8.47. The molecule has 1 spiro atoms. The van der Waals surface area contributed by atoms with Crippen LogP contribution in [0.1, 0.15) is 65.7 Å². The van der Waals surface area contributed by atoms with E-state index in [-0.39, 0.29) is 11.2 Å². The number of likely N-dealkylation sites (tertiary alicyclic amines) is 1. The van der Waals surface area contributed by atoms with E-state index in [1.165, 1.54) is 63.7 Å². The van der Waals surface area contributed by atoms with Crippen molar-refractivity contribution < 1.29 is 14.2 Å². The minimum absolute atomic E-state index is 0.0307. The van der Waals surface area contributed by atoms with Gasteiger partial charge in [0.05, 0.1) is 24.9 Å². The van der Waals surface area contributed by atoms with Crippen LogP contribution in [0.2, 0.25) is 0 Å². The zero-order valence-electron chi connectivity index (χ0n) is 19.4. The minimum atomic E-state index is -0.0307. The third-order valence-corrected chi connectivity index (χ3v) is 8.60. The van der Waals surface area contributed by atoms with Gasteiger partial charge in [-0.1, -0.05) is 11.6 Å². The van der Waals surface area contributed by atoms with Crippen molar-refractivity contribution in [3.63, 3.8) is 0 Å². The maximum atomic E-state index is 6.37. The van der Waals surface area contributed by atoms with Crippen LogP contribution in [-0.4, -0.2) is 85.2 Å². The van der Waals surface area contributed by atoms with Crippen LogP contribution in [0.3, 0.4) is 0 Å². The zero-order chi connectivity index (χ0) is 20.8. The lowest BCUT2D eigenvalue weighted by molar-refractivity contribution is 0.0353. The summed E-state index contributed by atoms with van der Waals surface area (Å²) in [5.41, 5.74) is 1.49. The summed E-state index contributed by atoms with van der Waals surface area (Å²) in [5.74, 6) is 0.892. The van der Waals surface area contributed by atoms with Crippen LogP contribution in [0.25, 0.3) is 0 Å². The number of allylic oxidation sites excluding steroid dienone is 1. The van der Waals surface area contributed by atoms with Gasteiger partial charge in [-0.15, -0.1) is 0 Å². The van der Waals surface area contributed by atoms with Crippen LogP contribution < -0.4 is 0 Å². The molecule has 5 rings (SSSR count). The van der Waals surface area contributed by atoms with Crippen molar-refractivity contribution in [2.24, 2.45) is 5.92 Å². The Kier molecular flexibility index (Phi) is 6.04. The van der Waals surface area contributed by atoms with Crippen molar-refractivity contribution >= 4 is 0 Å². The summed E-state index contributed by atoms with van der Waals surface area (Å²) in [5, 5.41) is 0. The van der Waals surface area contributed by atoms with E-state index in [2.05, 4.69) is 36.6 Å². The molecule has 0 bridgehead atoms. The summed E-state index contributed by atoms with van der Waals surface area (Å²) in [4.78, 5) is 5.40. The minimum Gasteiger partial charge on any atom is -0.379 e. The van der Waals surface area contributed by atoms with Crippen LogP contribution >= 0.6 is 0 Å². The highest BCUT2D eigenvalue weighted by atomic mass is 16.7. The van der Waals surface area contributed by atoms with Crippen molar-refractivity contribution in [1.29, 1.82) is 0 Å². The van der Waals surface area contributed by atoms with Crippen molar-refractivity contribution in [3.05, 3.63) is 11.6 Å². The Morgan fingerprint density at radius 3 is 2.53 bits per heavy atom. The van der Waals surface area contributed by atoms with E-state index >= 15 is 0 Å². The first-order chi connectivity index (χ1) is 14.5. The first-order valence-electron chi connectivity index (χ1n) is 12.5. The van der Waals surface area contributed by atoms with Gasteiger partial charge in [-0.25, -0.2) is 0 Å². The Morgan fingerprint density at radius 1 is 1.03 bits per heavy atom. The molecule has 170 valence electrons. The van der Waals surface area contributed by atoms with E-state index in [0.717, 1.165) is 44.7 Å². The maximum absolute atomic E-state index is 6.37. The van der Waals surface area contributed by atoms with E-state index in [0.29, 0.717) is 12.2 Å². The molecular weight excluding hydrogens is 376 g/mol. The highest BCUT2D eigenvalue weighted by Gasteiger charge is 2.73. The van der Waals surface area contributed by atoms with Gasteiger partial charge in [-0.2, -0.15) is 0 Å². The smallest absolute Gasteiger partial charge is 0.121 e. The molecule has 5 heteroatoms. The van der Waals surface area contributed by atoms with E-state index < -0.39 is 0 Å². The maximum Gasteiger partial charge on any atom is 0.121 e. The third-order valence-electron chi connectivity index (χ3n) is 8.60. The Hall–Kier alpha value is -0.460. The van der Waals surface area contributed by atoms with Crippen LogP contribution in [-0.2, 0) is 14.2 Å². The van der Waals surface area contributed by atoms with Gasteiger partial charge in [0, 0.05) is 25.7 Å². The molecule has 0 aromatic heterocycles. The summed E-state index contributed by atoms with van der Waals surface area (Å²) in [6, 6.07) is 0.781. The Labute approximate surface area is 183 Å². The molecule has 4 saturated heterocycles. The molecule has 30 heavy (non-hydrogen) atoms. The van der Waals surface area contributed by atoms with Gasteiger partial charge in [-0.05, 0) is 84.7 Å². The molecule has 5 nitrogen and oxygen atoms in total. The Balaban J connectivity index is 1.04. The third kappa shape index (κ3) is 4.38. The van der Waals surface area contributed by atoms with Crippen molar-refractivity contribution in [3.8, 4) is 0 Å². The van der Waals surface area contributed by atoms with E-state index in [1.54, 1.807) is 0 Å². The van der Waals surface area contributed by atoms with Crippen molar-refractivity contribution in [1.82, 2.24) is 9.80 Å². The van der Waals surface area contributed by atoms with E-state index in [4.69, 9.17) is 14.2 Å². The lowest BCUT2D eigenvalue weighted by Gasteiger charge is -2.34. The van der Waals surface area contributed by atoms with Crippen LogP contribution in [0.4, 0.5) is 0 Å². The lowest BCUT2D eigenvalue weighted by atomic mass is 9.79. The van der Waals surface area contributed by atoms with Gasteiger partial charge in [0.15, 0.2) is 0 Å². The molecule has 4 aliphatic heterocycles. The molecule has 2 unspecified atom stereocenters. The molecule has 4 heterocycles. The molecule has 1 aliphatic carbocycles. The molecule has 5 aliphatic rings. The van der Waals surface area contributed by atoms with Gasteiger partial charge in [0.1, 0.15) is 11.7 Å². The zero-order valence-corrected chi connectivity index (χ0v) is 19.4. The van der Waals surface area contributed by atoms with Gasteiger partial charge >= 0.3 is 0 Å². The van der Waals surface area contributed by atoms with Gasteiger partial charge in [0.25, 0.3) is 0 Å². The van der Waals surface area contributed by atoms with Crippen molar-refractivity contribution in [2.75, 3.05) is 45.9 Å². The monoisotopic (exact) mass is 418 g/mol. The second-order valence-electron chi connectivity index (χ2n) is 11.0. The standard InChI is InChI=1S/C25H42N2O3/c1-19(2)4-5-22-24(3,29-22)23-25(30-23)10-6-21(7-11-25)27-13-9-20(18-27)8-12-26-14-16-28-17-15-26/h4,20-23H,5-18H2,1-3H3/t20?,21?,22-,23?,24-,25?/m1/s1. The molecule has 0 amide bonds. The number of morpholine rings is 1. The summed E-state index contributed by atoms with van der Waals surface area (Å²) in [7, 11) is 0. The van der Waals surface area contributed by atoms with Crippen molar-refractivity contribution in [2.45, 2.75) is 95.2 Å². The molecule has 1 saturated carbocycles. The summed E-state index contributed by atoms with van der Waals surface area (Å²) < 4.78 is 18.0. The molecule has 5 fully saturated rings. The first kappa shape index (κ1) is 21.4. The van der Waals surface area contributed by atoms with Gasteiger partial charge < -0.3 is 19.1 Å². The van der Waals surface area contributed by atoms with E-state index in [9.17, 15) is 0 Å². The number of nitrogens with zero attached hydrogens (tertiary/aromatic N) is 2. The topological polar surface area (TPSA) is 40.8 Å². The van der Waals surface area contributed by atoms with Crippen LogP contribution in [0.5, 0.6) is 0 Å². The number of hydrogen-bond donors (Lipinski definition) is 0. The number of rotatable bonds is 7. The van der Waals surface area contributed by atoms with Crippen LogP contribution in [0, 0.1) is 5.92 Å². The molecule has 4 atom stereocenters. The number of hydrogen-bond acceptors (Lipinski definition) is 5. The average molecular weight is 419 g/mol. The molecule has 0 radical (unpaired) electrons. The van der Waals surface area contributed by atoms with Crippen LogP contribution in [0.15, 0.2) is 11.6 Å². The fraction of sp³-hybridized carbons (Fsp3) is 0.920. The Morgan fingerprint density at radius 2 is 1.80 bits per heavy atom. The highest BCUT2D eigenvalue weighted by molar-refractivity contribution is 5.22. The second-order valence-corrected chi connectivity index (χ2v) is 11.0. The largest absolute Gasteiger partial charge is 0.379 e. The summed E-state index contributed by atoms with van der Waals surface area (Å²) in [6.45, 7) is 14.6. The lowest BCUT2D eigenvalue weighted by Crippen LogP contribution is -2.40. The predicted molar refractivity (Wildman–Crippen MR) is 119 cm³/mol. The van der Waals surface area contributed by atoms with E-state index in [1.807, 2.05) is 0 Å². The molecule has 0 N–H and O–H groups in total. The normalized spacial score (nSPS) is 44.4. The molecule has 0 aromatic rings.